The Balaban J connectivity index is 1.29. The number of nitriles is 1. The van der Waals surface area contributed by atoms with E-state index in [1.54, 1.807) is 41.3 Å². The van der Waals surface area contributed by atoms with Gasteiger partial charge in [0.25, 0.3) is 0 Å². The smallest absolute Gasteiger partial charge is 0.243 e. The minimum absolute atomic E-state index is 0.0180. The number of rotatable bonds is 6. The molecule has 0 N–H and O–H groups in total. The molecule has 10 heteroatoms. The van der Waals surface area contributed by atoms with Crippen molar-refractivity contribution in [3.63, 3.8) is 0 Å². The summed E-state index contributed by atoms with van der Waals surface area (Å²) in [6.07, 6.45) is 0.832. The van der Waals surface area contributed by atoms with Gasteiger partial charge >= 0.3 is 0 Å². The Labute approximate surface area is 199 Å². The van der Waals surface area contributed by atoms with E-state index in [9.17, 15) is 22.9 Å². The highest BCUT2D eigenvalue weighted by Gasteiger charge is 2.26. The van der Waals surface area contributed by atoms with Crippen LogP contribution in [-0.4, -0.2) is 76.0 Å². The van der Waals surface area contributed by atoms with Crippen LogP contribution in [0.1, 0.15) is 17.5 Å². The average Bonchev–Trinajstić information content (AvgIpc) is 2.88. The van der Waals surface area contributed by atoms with Gasteiger partial charge in [0.1, 0.15) is 17.4 Å². The normalized spacial score (nSPS) is 17.4. The van der Waals surface area contributed by atoms with Crippen molar-refractivity contribution in [2.24, 2.45) is 0 Å². The van der Waals surface area contributed by atoms with Gasteiger partial charge in [-0.2, -0.15) is 9.57 Å². The average molecular weight is 487 g/mol. The van der Waals surface area contributed by atoms with Crippen LogP contribution in [0.4, 0.5) is 10.1 Å². The molecule has 2 aromatic carbocycles. The summed E-state index contributed by atoms with van der Waals surface area (Å²) in [6.45, 7) is 3.54. The van der Waals surface area contributed by atoms with Gasteiger partial charge in [-0.25, -0.2) is 12.8 Å². The number of sulfonamides is 1. The third-order valence-electron chi connectivity index (χ3n) is 6.24. The van der Waals surface area contributed by atoms with Gasteiger partial charge in [-0.15, -0.1) is 0 Å². The number of piperazine rings is 1. The lowest BCUT2D eigenvalue weighted by Gasteiger charge is -2.36. The standard InChI is InChI=1S/C24H27FN4O4S/c25-22-2-1-3-23(21(22)18-26)27-10-12-28(13-11-27)24(30)9-6-19-4-7-20(8-5-19)34(31,32)29-14-16-33-17-15-29/h1-5,7-8H,6,9-17H2. The summed E-state index contributed by atoms with van der Waals surface area (Å²) in [5.74, 6) is -0.522. The Morgan fingerprint density at radius 1 is 1.00 bits per heavy atom. The molecule has 180 valence electrons. The topological polar surface area (TPSA) is 93.9 Å². The molecule has 0 unspecified atom stereocenters. The fraction of sp³-hybridized carbons (Fsp3) is 0.417. The predicted molar refractivity (Wildman–Crippen MR) is 124 cm³/mol. The molecule has 2 fully saturated rings. The van der Waals surface area contributed by atoms with Crippen LogP contribution in [0.15, 0.2) is 47.4 Å². The molecule has 0 saturated carbocycles. The molecule has 4 rings (SSSR count). The number of anilines is 1. The van der Waals surface area contributed by atoms with Gasteiger partial charge in [0.2, 0.25) is 15.9 Å². The fourth-order valence-electron chi connectivity index (χ4n) is 4.26. The summed E-state index contributed by atoms with van der Waals surface area (Å²) in [5.41, 5.74) is 1.48. The Morgan fingerprint density at radius 3 is 2.32 bits per heavy atom. The van der Waals surface area contributed by atoms with Crippen molar-refractivity contribution >= 4 is 21.6 Å². The number of benzene rings is 2. The summed E-state index contributed by atoms with van der Waals surface area (Å²) >= 11 is 0. The van der Waals surface area contributed by atoms with Gasteiger partial charge < -0.3 is 14.5 Å². The van der Waals surface area contributed by atoms with Gasteiger partial charge in [-0.3, -0.25) is 4.79 Å². The minimum Gasteiger partial charge on any atom is -0.379 e. The van der Waals surface area contributed by atoms with Crippen LogP contribution in [0.3, 0.4) is 0 Å². The third kappa shape index (κ3) is 5.22. The van der Waals surface area contributed by atoms with Crippen LogP contribution in [0.5, 0.6) is 0 Å². The van der Waals surface area contributed by atoms with Crippen LogP contribution >= 0.6 is 0 Å². The summed E-state index contributed by atoms with van der Waals surface area (Å²) in [7, 11) is -3.53. The molecule has 0 aromatic heterocycles. The molecular formula is C24H27FN4O4S. The van der Waals surface area contributed by atoms with E-state index in [-0.39, 0.29) is 16.4 Å². The van der Waals surface area contributed by atoms with Gasteiger partial charge in [0.15, 0.2) is 0 Å². The largest absolute Gasteiger partial charge is 0.379 e. The van der Waals surface area contributed by atoms with Gasteiger partial charge in [-0.1, -0.05) is 18.2 Å². The summed E-state index contributed by atoms with van der Waals surface area (Å²) < 4.78 is 46.0. The van der Waals surface area contributed by atoms with E-state index in [0.29, 0.717) is 71.0 Å². The monoisotopic (exact) mass is 486 g/mol. The number of morpholine rings is 1. The maximum absolute atomic E-state index is 13.9. The summed E-state index contributed by atoms with van der Waals surface area (Å²) in [5, 5.41) is 9.25. The second kappa shape index (κ2) is 10.5. The van der Waals surface area contributed by atoms with Gasteiger partial charge in [-0.05, 0) is 36.2 Å². The second-order valence-electron chi connectivity index (χ2n) is 8.27. The first kappa shape index (κ1) is 24.1. The highest BCUT2D eigenvalue weighted by molar-refractivity contribution is 7.89. The lowest BCUT2D eigenvalue weighted by molar-refractivity contribution is -0.131. The van der Waals surface area contributed by atoms with Crippen LogP contribution in [-0.2, 0) is 26.0 Å². The van der Waals surface area contributed by atoms with E-state index in [4.69, 9.17) is 4.74 Å². The lowest BCUT2D eigenvalue weighted by Crippen LogP contribution is -2.49. The molecule has 2 aliphatic heterocycles. The maximum atomic E-state index is 13.9. The zero-order chi connectivity index (χ0) is 24.1. The van der Waals surface area contributed by atoms with E-state index in [0.717, 1.165) is 5.56 Å². The van der Waals surface area contributed by atoms with Crippen LogP contribution in [0.2, 0.25) is 0 Å². The predicted octanol–water partition coefficient (Wildman–Crippen LogP) is 2.00. The molecule has 2 aliphatic rings. The van der Waals surface area contributed by atoms with Crippen LogP contribution < -0.4 is 4.90 Å². The summed E-state index contributed by atoms with van der Waals surface area (Å²) in [6, 6.07) is 13.2. The second-order valence-corrected chi connectivity index (χ2v) is 10.2. The van der Waals surface area contributed by atoms with E-state index in [2.05, 4.69) is 0 Å². The highest BCUT2D eigenvalue weighted by atomic mass is 32.2. The number of nitrogens with zero attached hydrogens (tertiary/aromatic N) is 4. The van der Waals surface area contributed by atoms with E-state index >= 15 is 0 Å². The van der Waals surface area contributed by atoms with Crippen molar-refractivity contribution in [3.8, 4) is 6.07 Å². The van der Waals surface area contributed by atoms with Gasteiger partial charge in [0, 0.05) is 45.7 Å². The molecule has 0 bridgehead atoms. The molecule has 34 heavy (non-hydrogen) atoms. The fourth-order valence-corrected chi connectivity index (χ4v) is 5.67. The first-order chi connectivity index (χ1) is 16.4. The van der Waals surface area contributed by atoms with Crippen molar-refractivity contribution in [3.05, 3.63) is 59.4 Å². The molecule has 8 nitrogen and oxygen atoms in total. The Kier molecular flexibility index (Phi) is 7.46. The van der Waals surface area contributed by atoms with E-state index in [1.165, 1.54) is 10.4 Å². The first-order valence-electron chi connectivity index (χ1n) is 11.3. The van der Waals surface area contributed by atoms with Crippen molar-refractivity contribution in [1.82, 2.24) is 9.21 Å². The number of halogens is 1. The molecule has 0 atom stereocenters. The van der Waals surface area contributed by atoms with Crippen molar-refractivity contribution in [2.45, 2.75) is 17.7 Å². The highest BCUT2D eigenvalue weighted by Crippen LogP contribution is 2.24. The lowest BCUT2D eigenvalue weighted by atomic mass is 10.1. The molecule has 2 saturated heterocycles. The number of amides is 1. The first-order valence-corrected chi connectivity index (χ1v) is 12.7. The van der Waals surface area contributed by atoms with Crippen LogP contribution in [0.25, 0.3) is 0 Å². The summed E-state index contributed by atoms with van der Waals surface area (Å²) in [4.78, 5) is 16.7. The Morgan fingerprint density at radius 2 is 1.68 bits per heavy atom. The Bertz CT molecular complexity index is 1170. The Hall–Kier alpha value is -3.00. The molecule has 2 aromatic rings. The number of carbonyl (C=O) groups is 1. The molecule has 0 radical (unpaired) electrons. The zero-order valence-electron chi connectivity index (χ0n) is 18.8. The van der Waals surface area contributed by atoms with Crippen molar-refractivity contribution < 1.29 is 22.3 Å². The SMILES string of the molecule is N#Cc1c(F)cccc1N1CCN(C(=O)CCc2ccc(S(=O)(=O)N3CCOCC3)cc2)CC1. The minimum atomic E-state index is -3.53. The molecular weight excluding hydrogens is 459 g/mol. The maximum Gasteiger partial charge on any atom is 0.243 e. The quantitative estimate of drug-likeness (QED) is 0.620. The van der Waals surface area contributed by atoms with Crippen molar-refractivity contribution in [2.75, 3.05) is 57.4 Å². The number of hydrogen-bond donors (Lipinski definition) is 0. The number of hydrogen-bond acceptors (Lipinski definition) is 6. The van der Waals surface area contributed by atoms with E-state index in [1.807, 2.05) is 11.0 Å². The number of aryl methyl sites for hydroxylation is 1. The molecule has 0 aliphatic carbocycles. The molecule has 2 heterocycles. The number of ether oxygens (including phenoxy) is 1. The molecule has 0 spiro atoms. The van der Waals surface area contributed by atoms with Crippen molar-refractivity contribution in [1.29, 1.82) is 5.26 Å². The zero-order valence-corrected chi connectivity index (χ0v) is 19.6. The van der Waals surface area contributed by atoms with Gasteiger partial charge in [0.05, 0.1) is 23.8 Å². The molecule has 1 amide bonds. The number of carbonyl (C=O) groups excluding carboxylic acids is 1. The van der Waals surface area contributed by atoms with Crippen LogP contribution in [0, 0.1) is 17.1 Å². The van der Waals surface area contributed by atoms with E-state index < -0.39 is 15.8 Å². The third-order valence-corrected chi connectivity index (χ3v) is 8.15.